The summed E-state index contributed by atoms with van der Waals surface area (Å²) in [4.78, 5) is 26.0. The lowest BCUT2D eigenvalue weighted by Crippen LogP contribution is -2.33. The molecule has 164 valence electrons. The SMILES string of the molecule is CCCCCCCCCN1CCOC(=O)CCCCCCCCC(=O)OCC1. The van der Waals surface area contributed by atoms with Gasteiger partial charge in [0.25, 0.3) is 0 Å². The fourth-order valence-electron chi connectivity index (χ4n) is 3.60. The Morgan fingerprint density at radius 2 is 1.14 bits per heavy atom. The van der Waals surface area contributed by atoms with Gasteiger partial charge in [-0.1, -0.05) is 71.1 Å². The molecule has 0 aromatic rings. The highest BCUT2D eigenvalue weighted by atomic mass is 16.5. The highest BCUT2D eigenvalue weighted by Gasteiger charge is 2.10. The molecule has 0 N–H and O–H groups in total. The van der Waals surface area contributed by atoms with Crippen LogP contribution in [0.4, 0.5) is 0 Å². The van der Waals surface area contributed by atoms with Crippen molar-refractivity contribution in [1.29, 1.82) is 0 Å². The van der Waals surface area contributed by atoms with Crippen molar-refractivity contribution >= 4 is 11.9 Å². The number of carbonyl (C=O) groups excluding carboxylic acids is 2. The van der Waals surface area contributed by atoms with Crippen molar-refractivity contribution in [1.82, 2.24) is 4.90 Å². The van der Waals surface area contributed by atoms with Gasteiger partial charge in [-0.25, -0.2) is 0 Å². The monoisotopic (exact) mass is 397 g/mol. The van der Waals surface area contributed by atoms with Gasteiger partial charge in [-0.05, 0) is 25.8 Å². The van der Waals surface area contributed by atoms with Crippen molar-refractivity contribution in [2.24, 2.45) is 0 Å². The summed E-state index contributed by atoms with van der Waals surface area (Å²) in [6, 6.07) is 0. The molecule has 5 nitrogen and oxygen atoms in total. The molecule has 0 aliphatic carbocycles. The topological polar surface area (TPSA) is 55.8 Å². The number of nitrogens with zero attached hydrogens (tertiary/aromatic N) is 1. The van der Waals surface area contributed by atoms with Crippen LogP contribution in [0, 0.1) is 0 Å². The first kappa shape index (κ1) is 24.9. The second-order valence-corrected chi connectivity index (χ2v) is 8.03. The van der Waals surface area contributed by atoms with Crippen LogP contribution in [-0.2, 0) is 19.1 Å². The summed E-state index contributed by atoms with van der Waals surface area (Å²) in [5.74, 6) is -0.154. The predicted octanol–water partition coefficient (Wildman–Crippen LogP) is 5.26. The van der Waals surface area contributed by atoms with Crippen molar-refractivity contribution in [3.63, 3.8) is 0 Å². The average molecular weight is 398 g/mol. The highest BCUT2D eigenvalue weighted by Crippen LogP contribution is 2.11. The second-order valence-electron chi connectivity index (χ2n) is 8.03. The van der Waals surface area contributed by atoms with Crippen LogP contribution in [0.3, 0.4) is 0 Å². The van der Waals surface area contributed by atoms with Crippen LogP contribution in [-0.4, -0.2) is 49.7 Å². The van der Waals surface area contributed by atoms with Crippen LogP contribution < -0.4 is 0 Å². The van der Waals surface area contributed by atoms with Gasteiger partial charge in [0.15, 0.2) is 0 Å². The molecule has 0 aromatic heterocycles. The number of unbranched alkanes of at least 4 members (excludes halogenated alkanes) is 6. The molecule has 1 rings (SSSR count). The molecule has 1 aliphatic heterocycles. The molecule has 0 unspecified atom stereocenters. The van der Waals surface area contributed by atoms with Crippen LogP contribution in [0.15, 0.2) is 0 Å². The fourth-order valence-corrected chi connectivity index (χ4v) is 3.60. The molecule has 0 spiro atoms. The summed E-state index contributed by atoms with van der Waals surface area (Å²) in [5.41, 5.74) is 0. The Kier molecular flexibility index (Phi) is 16.0. The minimum atomic E-state index is -0.0772. The molecule has 1 aliphatic rings. The number of ether oxygens (including phenoxy) is 2. The molecule has 1 saturated heterocycles. The maximum Gasteiger partial charge on any atom is 0.305 e. The summed E-state index contributed by atoms with van der Waals surface area (Å²) in [5, 5.41) is 0. The van der Waals surface area contributed by atoms with Crippen molar-refractivity contribution in [3.05, 3.63) is 0 Å². The Hall–Kier alpha value is -1.10. The minimum Gasteiger partial charge on any atom is -0.464 e. The Balaban J connectivity index is 2.33. The van der Waals surface area contributed by atoms with E-state index in [1.165, 1.54) is 38.5 Å². The van der Waals surface area contributed by atoms with Gasteiger partial charge in [0.2, 0.25) is 0 Å². The Bertz CT molecular complexity index is 372. The largest absolute Gasteiger partial charge is 0.464 e. The smallest absolute Gasteiger partial charge is 0.305 e. The lowest BCUT2D eigenvalue weighted by molar-refractivity contribution is -0.144. The molecular weight excluding hydrogens is 354 g/mol. The molecule has 28 heavy (non-hydrogen) atoms. The quantitative estimate of drug-likeness (QED) is 0.413. The van der Waals surface area contributed by atoms with Crippen LogP contribution >= 0.6 is 0 Å². The maximum absolute atomic E-state index is 11.9. The standard InChI is InChI=1S/C23H43NO4/c1-2-3-4-5-8-11-14-17-24-18-20-27-22(25)15-12-9-6-7-10-13-16-23(26)28-21-19-24/h2-21H2,1H3. The van der Waals surface area contributed by atoms with E-state index in [-0.39, 0.29) is 11.9 Å². The third-order valence-corrected chi connectivity index (χ3v) is 5.43. The predicted molar refractivity (Wildman–Crippen MR) is 113 cm³/mol. The van der Waals surface area contributed by atoms with Crippen molar-refractivity contribution < 1.29 is 19.1 Å². The Morgan fingerprint density at radius 1 is 0.679 bits per heavy atom. The first-order valence-corrected chi connectivity index (χ1v) is 11.8. The molecule has 0 bridgehead atoms. The van der Waals surface area contributed by atoms with Gasteiger partial charge >= 0.3 is 11.9 Å². The van der Waals surface area contributed by atoms with Crippen molar-refractivity contribution in [3.8, 4) is 0 Å². The molecular formula is C23H43NO4. The molecule has 0 aromatic carbocycles. The van der Waals surface area contributed by atoms with E-state index in [0.29, 0.717) is 26.1 Å². The van der Waals surface area contributed by atoms with E-state index >= 15 is 0 Å². The van der Waals surface area contributed by atoms with E-state index < -0.39 is 0 Å². The number of hydrogen-bond donors (Lipinski definition) is 0. The van der Waals surface area contributed by atoms with E-state index in [9.17, 15) is 9.59 Å². The van der Waals surface area contributed by atoms with Crippen LogP contribution in [0.25, 0.3) is 0 Å². The van der Waals surface area contributed by atoms with Crippen LogP contribution in [0.2, 0.25) is 0 Å². The van der Waals surface area contributed by atoms with E-state index in [1.807, 2.05) is 0 Å². The van der Waals surface area contributed by atoms with Gasteiger partial charge in [-0.15, -0.1) is 0 Å². The highest BCUT2D eigenvalue weighted by molar-refractivity contribution is 5.69. The van der Waals surface area contributed by atoms with Gasteiger partial charge in [0.1, 0.15) is 13.2 Å². The minimum absolute atomic E-state index is 0.0772. The summed E-state index contributed by atoms with van der Waals surface area (Å²) < 4.78 is 10.8. The normalized spacial score (nSPS) is 19.6. The zero-order valence-corrected chi connectivity index (χ0v) is 18.2. The number of esters is 2. The average Bonchev–Trinajstić information content (AvgIpc) is 2.68. The van der Waals surface area contributed by atoms with Gasteiger partial charge < -0.3 is 9.47 Å². The molecule has 1 fully saturated rings. The molecule has 1 heterocycles. The number of cyclic esters (lactones) is 2. The number of rotatable bonds is 8. The van der Waals surface area contributed by atoms with Gasteiger partial charge in [-0.3, -0.25) is 14.5 Å². The summed E-state index contributed by atoms with van der Waals surface area (Å²) in [6.45, 7) is 5.53. The molecule has 0 amide bonds. The third kappa shape index (κ3) is 14.9. The summed E-state index contributed by atoms with van der Waals surface area (Å²) in [7, 11) is 0. The van der Waals surface area contributed by atoms with E-state index in [2.05, 4.69) is 11.8 Å². The molecule has 0 atom stereocenters. The maximum atomic E-state index is 11.9. The van der Waals surface area contributed by atoms with E-state index in [4.69, 9.17) is 9.47 Å². The molecule has 0 radical (unpaired) electrons. The zero-order chi connectivity index (χ0) is 20.3. The van der Waals surface area contributed by atoms with Crippen molar-refractivity contribution in [2.75, 3.05) is 32.8 Å². The van der Waals surface area contributed by atoms with E-state index in [1.54, 1.807) is 0 Å². The van der Waals surface area contributed by atoms with Crippen LogP contribution in [0.5, 0.6) is 0 Å². The summed E-state index contributed by atoms with van der Waals surface area (Å²) >= 11 is 0. The van der Waals surface area contributed by atoms with Gasteiger partial charge in [0, 0.05) is 25.9 Å². The molecule has 0 saturated carbocycles. The van der Waals surface area contributed by atoms with Crippen molar-refractivity contribution in [2.45, 2.75) is 103 Å². The second kappa shape index (κ2) is 18.0. The Labute approximate surface area is 172 Å². The van der Waals surface area contributed by atoms with Gasteiger partial charge in [0.05, 0.1) is 0 Å². The zero-order valence-electron chi connectivity index (χ0n) is 18.2. The lowest BCUT2D eigenvalue weighted by Gasteiger charge is -2.22. The number of carbonyl (C=O) groups is 2. The fraction of sp³-hybridized carbons (Fsp3) is 0.913. The lowest BCUT2D eigenvalue weighted by atomic mass is 10.1. The molecule has 5 heteroatoms. The first-order valence-electron chi connectivity index (χ1n) is 11.8. The van der Waals surface area contributed by atoms with Gasteiger partial charge in [-0.2, -0.15) is 0 Å². The number of hydrogen-bond acceptors (Lipinski definition) is 5. The Morgan fingerprint density at radius 3 is 1.68 bits per heavy atom. The van der Waals surface area contributed by atoms with Crippen LogP contribution in [0.1, 0.15) is 103 Å². The third-order valence-electron chi connectivity index (χ3n) is 5.43. The first-order chi connectivity index (χ1) is 13.7. The summed E-state index contributed by atoms with van der Waals surface area (Å²) in [6.07, 6.45) is 16.2. The van der Waals surface area contributed by atoms with E-state index in [0.717, 1.165) is 64.6 Å².